The van der Waals surface area contributed by atoms with E-state index in [-0.39, 0.29) is 75.4 Å². The van der Waals surface area contributed by atoms with E-state index in [0.717, 1.165) is 10.9 Å². The van der Waals surface area contributed by atoms with Crippen molar-refractivity contribution in [2.75, 3.05) is 12.3 Å². The first kappa shape index (κ1) is 25.0. The van der Waals surface area contributed by atoms with Crippen LogP contribution in [0.2, 0.25) is 0 Å². The van der Waals surface area contributed by atoms with Gasteiger partial charge < -0.3 is 44.8 Å². The van der Waals surface area contributed by atoms with Gasteiger partial charge in [0.15, 0.2) is 0 Å². The van der Waals surface area contributed by atoms with Gasteiger partial charge in [0, 0.05) is 0 Å². The number of nitrogen functional groups attached to an aromatic ring is 1. The molecule has 4 unspecified atom stereocenters. The molecule has 2 aromatic rings. The molecule has 2 aromatic heterocycles. The number of ether oxygens (including phenoxy) is 1. The van der Waals surface area contributed by atoms with E-state index >= 15 is 0 Å². The van der Waals surface area contributed by atoms with Crippen LogP contribution in [0.15, 0.2) is 11.1 Å². The molecule has 0 spiro atoms. The molecule has 17 heteroatoms. The molecule has 0 radical (unpaired) electrons. The van der Waals surface area contributed by atoms with Crippen molar-refractivity contribution in [2.24, 2.45) is 0 Å². The number of imidazole rings is 1. The minimum absolute atomic E-state index is 0. The molecular weight excluding hydrogens is 411 g/mol. The summed E-state index contributed by atoms with van der Waals surface area (Å²) < 4.78 is 20.9. The predicted molar refractivity (Wildman–Crippen MR) is 73.2 cm³/mol. The quantitative estimate of drug-likeness (QED) is 0.156. The molecule has 0 bridgehead atoms. The van der Waals surface area contributed by atoms with Gasteiger partial charge in [0.2, 0.25) is 12.2 Å². The Morgan fingerprint density at radius 1 is 1.41 bits per heavy atom. The normalized spacial score (nSPS) is 25.2. The SMILES string of the molecule is Nc1nc2c(c(=O)[nH]1)[n+]([O-])cn2C1OC(COP(=O)([O-])[O-])C(O)C1O.[Na+].[Na+]. The van der Waals surface area contributed by atoms with Gasteiger partial charge in [-0.05, 0) is 0 Å². The molecule has 27 heavy (non-hydrogen) atoms. The molecule has 1 aliphatic rings. The summed E-state index contributed by atoms with van der Waals surface area (Å²) in [5.41, 5.74) is 3.95. The van der Waals surface area contributed by atoms with E-state index in [9.17, 15) is 34.6 Å². The third-order valence-corrected chi connectivity index (χ3v) is 4.06. The summed E-state index contributed by atoms with van der Waals surface area (Å²) in [6.45, 7) is -0.842. The number of aliphatic hydroxyl groups is 2. The largest absolute Gasteiger partial charge is 1.00 e. The Morgan fingerprint density at radius 3 is 2.63 bits per heavy atom. The van der Waals surface area contributed by atoms with Gasteiger partial charge in [0.1, 0.15) is 18.3 Å². The maximum absolute atomic E-state index is 11.9. The minimum atomic E-state index is -5.31. The van der Waals surface area contributed by atoms with Crippen LogP contribution in [-0.2, 0) is 13.8 Å². The number of H-pyrrole nitrogens is 1. The summed E-state index contributed by atoms with van der Waals surface area (Å²) in [6.07, 6.45) is -5.22. The first-order valence-electron chi connectivity index (χ1n) is 6.76. The van der Waals surface area contributed by atoms with Crippen LogP contribution in [0.1, 0.15) is 6.23 Å². The van der Waals surface area contributed by atoms with Crippen LogP contribution in [0, 0.1) is 5.21 Å². The third-order valence-electron chi connectivity index (χ3n) is 3.60. The summed E-state index contributed by atoms with van der Waals surface area (Å²) in [4.78, 5) is 38.7. The zero-order valence-electron chi connectivity index (χ0n) is 14.2. The number of nitrogens with two attached hydrogens (primary N) is 1. The number of phosphoric ester groups is 1. The van der Waals surface area contributed by atoms with Crippen LogP contribution >= 0.6 is 7.82 Å². The number of rotatable bonds is 4. The average Bonchev–Trinajstić information content (AvgIpc) is 2.95. The van der Waals surface area contributed by atoms with E-state index < -0.39 is 50.0 Å². The summed E-state index contributed by atoms with van der Waals surface area (Å²) in [7, 11) is -5.31. The molecule has 0 aliphatic carbocycles. The first-order valence-corrected chi connectivity index (χ1v) is 8.22. The Hall–Kier alpha value is -0.0600. The van der Waals surface area contributed by atoms with Gasteiger partial charge in [-0.25, -0.2) is 4.73 Å². The third kappa shape index (κ3) is 5.11. The smallest absolute Gasteiger partial charge is 0.790 e. The van der Waals surface area contributed by atoms with Crippen LogP contribution in [0.3, 0.4) is 0 Å². The Balaban J connectivity index is 0.00000182. The average molecular weight is 423 g/mol. The summed E-state index contributed by atoms with van der Waals surface area (Å²) in [5, 5.41) is 31.9. The Morgan fingerprint density at radius 2 is 2.04 bits per heavy atom. The molecule has 1 saturated heterocycles. The van der Waals surface area contributed by atoms with Gasteiger partial charge in [-0.2, -0.15) is 9.55 Å². The van der Waals surface area contributed by atoms with Gasteiger partial charge in [0.25, 0.3) is 17.5 Å². The predicted octanol–water partition coefficient (Wildman–Crippen LogP) is -10.6. The second-order valence-corrected chi connectivity index (χ2v) is 6.41. The molecule has 3 heterocycles. The monoisotopic (exact) mass is 423 g/mol. The molecule has 0 amide bonds. The van der Waals surface area contributed by atoms with Gasteiger partial charge in [0.05, 0.1) is 14.4 Å². The molecule has 0 saturated carbocycles. The molecule has 1 fully saturated rings. The van der Waals surface area contributed by atoms with Crippen LogP contribution in [0.25, 0.3) is 11.2 Å². The number of aromatic amines is 1. The van der Waals surface area contributed by atoms with Gasteiger partial charge >= 0.3 is 64.7 Å². The van der Waals surface area contributed by atoms with Crippen molar-refractivity contribution in [1.29, 1.82) is 0 Å². The van der Waals surface area contributed by atoms with Crippen LogP contribution in [0.4, 0.5) is 5.95 Å². The number of anilines is 1. The zero-order chi connectivity index (χ0) is 18.5. The number of phosphoric acid groups is 1. The van der Waals surface area contributed by atoms with E-state index in [1.54, 1.807) is 0 Å². The minimum Gasteiger partial charge on any atom is -0.790 e. The standard InChI is InChI=1S/C10H14N5O9P.2Na/c11-10-12-7-4(8(18)13-10)15(19)2-14(7)9-6(17)5(16)3(24-9)1-23-25(20,21)22;;/h2-3,5-6,9,16-17H,1H2,(H2,20,21,22)(H3,11,12,13,18);;/q;2*+1/p-2. The molecule has 14 nitrogen and oxygen atoms in total. The number of hydrogen-bond donors (Lipinski definition) is 4. The topological polar surface area (TPSA) is 226 Å². The number of aliphatic hydroxyl groups excluding tert-OH is 2. The molecule has 138 valence electrons. The number of nitrogens with one attached hydrogen (secondary N) is 1. The van der Waals surface area contributed by atoms with Gasteiger partial charge in [-0.1, -0.05) is 0 Å². The van der Waals surface area contributed by atoms with E-state index in [0.29, 0.717) is 0 Å². The maximum atomic E-state index is 11.9. The van der Waals surface area contributed by atoms with Crippen LogP contribution in [-0.4, -0.2) is 49.7 Å². The van der Waals surface area contributed by atoms with Crippen molar-refractivity contribution in [3.63, 3.8) is 0 Å². The summed E-state index contributed by atoms with van der Waals surface area (Å²) in [6, 6.07) is 0. The van der Waals surface area contributed by atoms with Crippen molar-refractivity contribution in [2.45, 2.75) is 24.5 Å². The Bertz CT molecular complexity index is 916. The van der Waals surface area contributed by atoms with Gasteiger partial charge in [-0.15, -0.1) is 0 Å². The maximum Gasteiger partial charge on any atom is 1.00 e. The Labute approximate surface area is 194 Å². The van der Waals surface area contributed by atoms with E-state index in [2.05, 4.69) is 14.5 Å². The number of aromatic nitrogens is 4. The van der Waals surface area contributed by atoms with Crippen molar-refractivity contribution < 1.29 is 97.7 Å². The molecule has 1 aliphatic heterocycles. The van der Waals surface area contributed by atoms with E-state index in [4.69, 9.17) is 10.5 Å². The Kier molecular flexibility index (Phi) is 8.49. The van der Waals surface area contributed by atoms with Crippen LogP contribution < -0.4 is 84.9 Å². The fourth-order valence-electron chi connectivity index (χ4n) is 2.52. The number of fused-ring (bicyclic) bond motifs is 1. The number of nitrogens with zero attached hydrogens (tertiary/aromatic N) is 3. The molecule has 0 aromatic carbocycles. The second kappa shape index (κ2) is 9.17. The summed E-state index contributed by atoms with van der Waals surface area (Å²) >= 11 is 0. The second-order valence-electron chi connectivity index (χ2n) is 5.26. The van der Waals surface area contributed by atoms with Crippen LogP contribution in [0.5, 0.6) is 0 Å². The molecular formula is C10H12N5Na2O9P. The van der Waals surface area contributed by atoms with Crippen molar-refractivity contribution in [3.05, 3.63) is 21.9 Å². The van der Waals surface area contributed by atoms with E-state index in [1.165, 1.54) is 0 Å². The van der Waals surface area contributed by atoms with Crippen molar-refractivity contribution in [1.82, 2.24) is 14.5 Å². The zero-order valence-corrected chi connectivity index (χ0v) is 19.1. The summed E-state index contributed by atoms with van der Waals surface area (Å²) in [5.74, 6) is -0.302. The molecule has 3 rings (SSSR count). The molecule has 4 atom stereocenters. The molecule has 5 N–H and O–H groups in total. The fraction of sp³-hybridized carbons (Fsp3) is 0.500. The first-order chi connectivity index (χ1) is 11.6. The fourth-order valence-corrected chi connectivity index (χ4v) is 2.85. The van der Waals surface area contributed by atoms with E-state index in [1.807, 2.05) is 0 Å². The van der Waals surface area contributed by atoms with Crippen molar-refractivity contribution in [3.8, 4) is 0 Å². The van der Waals surface area contributed by atoms with Gasteiger partial charge in [-0.3, -0.25) is 9.78 Å². The number of hydrogen-bond acceptors (Lipinski definition) is 11. The van der Waals surface area contributed by atoms with Crippen molar-refractivity contribution >= 4 is 24.9 Å².